The lowest BCUT2D eigenvalue weighted by Gasteiger charge is -2.40. The minimum atomic E-state index is -1.04. The molecule has 0 aromatic heterocycles. The number of carbonyl (C=O) groups excluding carboxylic acids is 3. The van der Waals surface area contributed by atoms with Crippen molar-refractivity contribution in [3.8, 4) is 0 Å². The van der Waals surface area contributed by atoms with Crippen molar-refractivity contribution in [2.45, 2.75) is 44.1 Å². The average molecular weight is 327 g/mol. The summed E-state index contributed by atoms with van der Waals surface area (Å²) in [5.41, 5.74) is 0.414. The summed E-state index contributed by atoms with van der Waals surface area (Å²) in [7, 11) is 0. The zero-order chi connectivity index (χ0) is 16.7. The molecule has 1 unspecified atom stereocenters. The Balaban J connectivity index is 1.71. The van der Waals surface area contributed by atoms with Gasteiger partial charge in [0.2, 0.25) is 5.91 Å². The number of carbonyl (C=O) groups is 3. The summed E-state index contributed by atoms with van der Waals surface area (Å²) < 4.78 is 0. The molecule has 0 radical (unpaired) electrons. The first-order valence-electron chi connectivity index (χ1n) is 8.66. The van der Waals surface area contributed by atoms with Crippen molar-refractivity contribution < 1.29 is 14.4 Å². The molecule has 2 fully saturated rings. The van der Waals surface area contributed by atoms with Crippen molar-refractivity contribution >= 4 is 23.5 Å². The largest absolute Gasteiger partial charge is 0.322 e. The first-order chi connectivity index (χ1) is 11.6. The van der Waals surface area contributed by atoms with Gasteiger partial charge in [0.25, 0.3) is 5.91 Å². The Kier molecular flexibility index (Phi) is 3.55. The van der Waals surface area contributed by atoms with Gasteiger partial charge >= 0.3 is 6.03 Å². The molecule has 6 heteroatoms. The lowest BCUT2D eigenvalue weighted by Crippen LogP contribution is -2.53. The highest BCUT2D eigenvalue weighted by Crippen LogP contribution is 2.41. The van der Waals surface area contributed by atoms with Crippen LogP contribution in [0.3, 0.4) is 0 Å². The van der Waals surface area contributed by atoms with Crippen molar-refractivity contribution in [2.24, 2.45) is 5.92 Å². The van der Waals surface area contributed by atoms with E-state index in [1.54, 1.807) is 0 Å². The van der Waals surface area contributed by atoms with E-state index in [0.29, 0.717) is 18.5 Å². The summed E-state index contributed by atoms with van der Waals surface area (Å²) in [5, 5.41) is 5.11. The Bertz CT molecular complexity index is 711. The number of anilines is 1. The molecule has 126 valence electrons. The van der Waals surface area contributed by atoms with Crippen LogP contribution in [0.15, 0.2) is 24.3 Å². The van der Waals surface area contributed by atoms with Crippen LogP contribution < -0.4 is 15.5 Å². The molecule has 2 heterocycles. The van der Waals surface area contributed by atoms with Crippen molar-refractivity contribution in [3.05, 3.63) is 29.8 Å². The Hall–Kier alpha value is -2.37. The SMILES string of the molecule is O=C1NC(=O)C2(CCN(C(=O)C3CCCCC3)c3ccccc32)N1. The van der Waals surface area contributed by atoms with E-state index in [0.717, 1.165) is 31.4 Å². The summed E-state index contributed by atoms with van der Waals surface area (Å²) in [5.74, 6) is -0.0979. The molecular formula is C18H21N3O3. The molecule has 1 aromatic carbocycles. The van der Waals surface area contributed by atoms with Gasteiger partial charge in [-0.15, -0.1) is 0 Å². The molecule has 0 bridgehead atoms. The van der Waals surface area contributed by atoms with Crippen LogP contribution in [0.2, 0.25) is 0 Å². The van der Waals surface area contributed by atoms with E-state index in [-0.39, 0.29) is 17.7 Å². The lowest BCUT2D eigenvalue weighted by molar-refractivity contribution is -0.126. The van der Waals surface area contributed by atoms with Crippen molar-refractivity contribution in [2.75, 3.05) is 11.4 Å². The molecule has 1 saturated carbocycles. The topological polar surface area (TPSA) is 78.5 Å². The summed E-state index contributed by atoms with van der Waals surface area (Å²) in [6.45, 7) is 0.444. The number of rotatable bonds is 1. The molecule has 24 heavy (non-hydrogen) atoms. The zero-order valence-corrected chi connectivity index (χ0v) is 13.5. The number of benzene rings is 1. The minimum Gasteiger partial charge on any atom is -0.319 e. The van der Waals surface area contributed by atoms with Crippen LogP contribution in [0.4, 0.5) is 10.5 Å². The van der Waals surface area contributed by atoms with E-state index >= 15 is 0 Å². The van der Waals surface area contributed by atoms with Gasteiger partial charge < -0.3 is 10.2 Å². The van der Waals surface area contributed by atoms with E-state index in [1.165, 1.54) is 6.42 Å². The van der Waals surface area contributed by atoms with Gasteiger partial charge in [0.05, 0.1) is 0 Å². The second-order valence-corrected chi connectivity index (χ2v) is 6.91. The van der Waals surface area contributed by atoms with Gasteiger partial charge in [-0.3, -0.25) is 14.9 Å². The quantitative estimate of drug-likeness (QED) is 0.775. The van der Waals surface area contributed by atoms with Crippen LogP contribution in [0.1, 0.15) is 44.1 Å². The van der Waals surface area contributed by atoms with Crippen LogP contribution >= 0.6 is 0 Å². The Labute approximate surface area is 140 Å². The number of hydrogen-bond donors (Lipinski definition) is 2. The van der Waals surface area contributed by atoms with Crippen LogP contribution in [-0.4, -0.2) is 24.4 Å². The van der Waals surface area contributed by atoms with E-state index < -0.39 is 11.6 Å². The fraction of sp³-hybridized carbons (Fsp3) is 0.500. The van der Waals surface area contributed by atoms with Crippen molar-refractivity contribution in [1.82, 2.24) is 10.6 Å². The molecule has 3 aliphatic rings. The van der Waals surface area contributed by atoms with Crippen molar-refractivity contribution in [3.63, 3.8) is 0 Å². The maximum absolute atomic E-state index is 13.0. The highest BCUT2D eigenvalue weighted by molar-refractivity contribution is 6.09. The van der Waals surface area contributed by atoms with Crippen LogP contribution in [0, 0.1) is 5.92 Å². The summed E-state index contributed by atoms with van der Waals surface area (Å²) in [6.07, 6.45) is 5.71. The molecule has 1 atom stereocenters. The number of imide groups is 1. The molecule has 4 rings (SSSR count). The molecular weight excluding hydrogens is 306 g/mol. The Morgan fingerprint density at radius 1 is 1.12 bits per heavy atom. The number of hydrogen-bond acceptors (Lipinski definition) is 3. The second-order valence-electron chi connectivity index (χ2n) is 6.91. The van der Waals surface area contributed by atoms with Gasteiger partial charge in [-0.25, -0.2) is 4.79 Å². The number of urea groups is 1. The summed E-state index contributed by atoms with van der Waals surface area (Å²) in [6, 6.07) is 6.94. The second kappa shape index (κ2) is 5.61. The third-order valence-electron chi connectivity index (χ3n) is 5.53. The highest BCUT2D eigenvalue weighted by Gasteiger charge is 2.52. The van der Waals surface area contributed by atoms with E-state index in [4.69, 9.17) is 0 Å². The van der Waals surface area contributed by atoms with E-state index in [2.05, 4.69) is 10.6 Å². The molecule has 4 amide bonds. The number of nitrogens with one attached hydrogen (secondary N) is 2. The van der Waals surface area contributed by atoms with Crippen LogP contribution in [0.25, 0.3) is 0 Å². The number of para-hydroxylation sites is 1. The smallest absolute Gasteiger partial charge is 0.319 e. The fourth-order valence-electron chi connectivity index (χ4n) is 4.26. The predicted molar refractivity (Wildman–Crippen MR) is 88.3 cm³/mol. The summed E-state index contributed by atoms with van der Waals surface area (Å²) in [4.78, 5) is 38.9. The van der Waals surface area contributed by atoms with Gasteiger partial charge in [0.15, 0.2) is 0 Å². The zero-order valence-electron chi connectivity index (χ0n) is 13.5. The first kappa shape index (κ1) is 15.2. The normalized spacial score (nSPS) is 26.9. The fourth-order valence-corrected chi connectivity index (χ4v) is 4.26. The monoisotopic (exact) mass is 327 g/mol. The number of nitrogens with zero attached hydrogens (tertiary/aromatic N) is 1. The maximum atomic E-state index is 13.0. The Morgan fingerprint density at radius 3 is 2.58 bits per heavy atom. The van der Waals surface area contributed by atoms with Gasteiger partial charge in [0.1, 0.15) is 5.54 Å². The third kappa shape index (κ3) is 2.20. The lowest BCUT2D eigenvalue weighted by atomic mass is 9.81. The first-order valence-corrected chi connectivity index (χ1v) is 8.66. The predicted octanol–water partition coefficient (Wildman–Crippen LogP) is 2.04. The van der Waals surface area contributed by atoms with E-state index in [1.807, 2.05) is 29.2 Å². The third-order valence-corrected chi connectivity index (χ3v) is 5.53. The molecule has 1 aromatic rings. The maximum Gasteiger partial charge on any atom is 0.322 e. The average Bonchev–Trinajstić information content (AvgIpc) is 2.90. The molecule has 1 aliphatic carbocycles. The molecule has 1 spiro atoms. The minimum absolute atomic E-state index is 0.0767. The number of fused-ring (bicyclic) bond motifs is 2. The number of amides is 4. The summed E-state index contributed by atoms with van der Waals surface area (Å²) >= 11 is 0. The molecule has 2 aliphatic heterocycles. The molecule has 2 N–H and O–H groups in total. The van der Waals surface area contributed by atoms with Gasteiger partial charge in [0, 0.05) is 30.1 Å². The molecule has 1 saturated heterocycles. The van der Waals surface area contributed by atoms with Crippen LogP contribution in [-0.2, 0) is 15.1 Å². The standard InChI is InChI=1S/C18H21N3O3/c22-15(12-6-2-1-3-7-12)21-11-10-18(16(23)19-17(24)20-18)13-8-4-5-9-14(13)21/h4-5,8-9,12H,1-3,6-7,10-11H2,(H2,19,20,23,24). The highest BCUT2D eigenvalue weighted by atomic mass is 16.2. The van der Waals surface area contributed by atoms with Crippen LogP contribution in [0.5, 0.6) is 0 Å². The van der Waals surface area contributed by atoms with Gasteiger partial charge in [-0.05, 0) is 18.9 Å². The van der Waals surface area contributed by atoms with Crippen molar-refractivity contribution in [1.29, 1.82) is 0 Å². The van der Waals surface area contributed by atoms with Gasteiger partial charge in [-0.2, -0.15) is 0 Å². The van der Waals surface area contributed by atoms with Gasteiger partial charge in [-0.1, -0.05) is 37.5 Å². The molecule has 6 nitrogen and oxygen atoms in total. The van der Waals surface area contributed by atoms with E-state index in [9.17, 15) is 14.4 Å². The Morgan fingerprint density at radius 2 is 1.88 bits per heavy atom.